The standard InChI is InChI=1S/C23H21ClF2N2O4S/c1-2-32-22-11-9-17(14-18(22)24)33(30,31)28-21(12-15-6-4-3-5-7-15)23(29)27-20-10-8-16(25)13-19(20)26/h3-11,13-14,21,28H,2,12H2,1H3,(H,27,29)/t21-/m1/s1. The third-order valence-corrected chi connectivity index (χ3v) is 6.36. The van der Waals surface area contributed by atoms with E-state index in [0.29, 0.717) is 24.0 Å². The normalized spacial score (nSPS) is 12.2. The Morgan fingerprint density at radius 1 is 1.06 bits per heavy atom. The van der Waals surface area contributed by atoms with Gasteiger partial charge in [0, 0.05) is 6.07 Å². The summed E-state index contributed by atoms with van der Waals surface area (Å²) >= 11 is 6.11. The maximum Gasteiger partial charge on any atom is 0.242 e. The number of amides is 1. The van der Waals surface area contributed by atoms with Gasteiger partial charge in [-0.25, -0.2) is 17.2 Å². The maximum absolute atomic E-state index is 14.0. The lowest BCUT2D eigenvalue weighted by molar-refractivity contribution is -0.117. The lowest BCUT2D eigenvalue weighted by atomic mass is 10.1. The molecular weight excluding hydrogens is 474 g/mol. The number of ether oxygens (including phenoxy) is 1. The van der Waals surface area contributed by atoms with Crippen molar-refractivity contribution in [3.05, 3.63) is 89.0 Å². The topological polar surface area (TPSA) is 84.5 Å². The number of rotatable bonds is 9. The molecule has 0 aliphatic carbocycles. The van der Waals surface area contributed by atoms with Crippen LogP contribution in [0.3, 0.4) is 0 Å². The SMILES string of the molecule is CCOc1ccc(S(=O)(=O)N[C@H](Cc2ccccc2)C(=O)Nc2ccc(F)cc2F)cc1Cl. The van der Waals surface area contributed by atoms with Gasteiger partial charge in [-0.2, -0.15) is 4.72 Å². The van der Waals surface area contributed by atoms with Crippen molar-refractivity contribution < 1.29 is 26.7 Å². The Hall–Kier alpha value is -3.01. The molecule has 2 N–H and O–H groups in total. The van der Waals surface area contributed by atoms with Crippen molar-refractivity contribution in [3.63, 3.8) is 0 Å². The number of nitrogens with one attached hydrogen (secondary N) is 2. The van der Waals surface area contributed by atoms with Crippen molar-refractivity contribution in [2.24, 2.45) is 0 Å². The number of anilines is 1. The van der Waals surface area contributed by atoms with Crippen molar-refractivity contribution in [1.29, 1.82) is 0 Å². The van der Waals surface area contributed by atoms with Gasteiger partial charge in [-0.15, -0.1) is 0 Å². The fraction of sp³-hybridized carbons (Fsp3) is 0.174. The van der Waals surface area contributed by atoms with E-state index in [9.17, 15) is 22.0 Å². The Morgan fingerprint density at radius 3 is 2.42 bits per heavy atom. The summed E-state index contributed by atoms with van der Waals surface area (Å²) in [5, 5.41) is 2.41. The van der Waals surface area contributed by atoms with Crippen LogP contribution in [0.1, 0.15) is 12.5 Å². The largest absolute Gasteiger partial charge is 0.492 e. The number of carbonyl (C=O) groups is 1. The van der Waals surface area contributed by atoms with E-state index in [4.69, 9.17) is 16.3 Å². The van der Waals surface area contributed by atoms with Crippen LogP contribution >= 0.6 is 11.6 Å². The van der Waals surface area contributed by atoms with Crippen LogP contribution in [0.4, 0.5) is 14.5 Å². The number of halogens is 3. The van der Waals surface area contributed by atoms with Crippen molar-refractivity contribution in [2.45, 2.75) is 24.3 Å². The van der Waals surface area contributed by atoms with Gasteiger partial charge in [0.05, 0.1) is 22.2 Å². The molecule has 6 nitrogen and oxygen atoms in total. The van der Waals surface area contributed by atoms with Gasteiger partial charge in [0.1, 0.15) is 23.4 Å². The summed E-state index contributed by atoms with van der Waals surface area (Å²) in [5.74, 6) is -2.28. The first-order valence-corrected chi connectivity index (χ1v) is 11.8. The van der Waals surface area contributed by atoms with Gasteiger partial charge in [-0.3, -0.25) is 4.79 Å². The van der Waals surface area contributed by atoms with E-state index in [2.05, 4.69) is 10.0 Å². The van der Waals surface area contributed by atoms with Gasteiger partial charge < -0.3 is 10.1 Å². The van der Waals surface area contributed by atoms with Crippen molar-refractivity contribution in [1.82, 2.24) is 4.72 Å². The Labute approximate surface area is 195 Å². The third-order valence-electron chi connectivity index (χ3n) is 4.60. The monoisotopic (exact) mass is 494 g/mol. The number of benzene rings is 3. The van der Waals surface area contributed by atoms with E-state index in [1.165, 1.54) is 18.2 Å². The van der Waals surface area contributed by atoms with E-state index in [0.717, 1.165) is 12.1 Å². The average Bonchev–Trinajstić information content (AvgIpc) is 2.77. The number of hydrogen-bond acceptors (Lipinski definition) is 4. The summed E-state index contributed by atoms with van der Waals surface area (Å²) in [6, 6.07) is 14.0. The lowest BCUT2D eigenvalue weighted by Crippen LogP contribution is -2.45. The minimum Gasteiger partial charge on any atom is -0.492 e. The molecule has 0 spiro atoms. The Bertz CT molecular complexity index is 1240. The fourth-order valence-electron chi connectivity index (χ4n) is 3.02. The van der Waals surface area contributed by atoms with E-state index in [1.807, 2.05) is 0 Å². The molecule has 0 aliphatic rings. The molecule has 0 fully saturated rings. The zero-order valence-electron chi connectivity index (χ0n) is 17.5. The van der Waals surface area contributed by atoms with Gasteiger partial charge in [-0.1, -0.05) is 41.9 Å². The second-order valence-electron chi connectivity index (χ2n) is 7.00. The van der Waals surface area contributed by atoms with Crippen LogP contribution in [-0.4, -0.2) is 27.0 Å². The second kappa shape index (κ2) is 10.7. The highest BCUT2D eigenvalue weighted by Gasteiger charge is 2.27. The van der Waals surface area contributed by atoms with Crippen molar-refractivity contribution >= 4 is 33.2 Å². The van der Waals surface area contributed by atoms with E-state index in [-0.39, 0.29) is 22.0 Å². The molecular formula is C23H21ClF2N2O4S. The summed E-state index contributed by atoms with van der Waals surface area (Å²) < 4.78 is 60.9. The molecule has 3 rings (SSSR count). The second-order valence-corrected chi connectivity index (χ2v) is 9.12. The highest BCUT2D eigenvalue weighted by Crippen LogP contribution is 2.27. The molecule has 33 heavy (non-hydrogen) atoms. The molecule has 0 unspecified atom stereocenters. The summed E-state index contributed by atoms with van der Waals surface area (Å²) in [5.41, 5.74) is 0.396. The Kier molecular flexibility index (Phi) is 8.01. The molecule has 0 saturated carbocycles. The third kappa shape index (κ3) is 6.50. The number of sulfonamides is 1. The van der Waals surface area contributed by atoms with Crippen molar-refractivity contribution in [2.75, 3.05) is 11.9 Å². The fourth-order valence-corrected chi connectivity index (χ4v) is 4.55. The molecule has 0 aliphatic heterocycles. The van der Waals surface area contributed by atoms with Crippen LogP contribution in [0.25, 0.3) is 0 Å². The smallest absolute Gasteiger partial charge is 0.242 e. The molecule has 10 heteroatoms. The molecule has 174 valence electrons. The molecule has 1 atom stereocenters. The zero-order chi connectivity index (χ0) is 24.0. The first-order chi connectivity index (χ1) is 15.7. The van der Waals surface area contributed by atoms with Crippen LogP contribution in [0.15, 0.2) is 71.6 Å². The van der Waals surface area contributed by atoms with E-state index in [1.54, 1.807) is 37.3 Å². The lowest BCUT2D eigenvalue weighted by Gasteiger charge is -2.19. The highest BCUT2D eigenvalue weighted by molar-refractivity contribution is 7.89. The van der Waals surface area contributed by atoms with Crippen LogP contribution in [-0.2, 0) is 21.2 Å². The van der Waals surface area contributed by atoms with Gasteiger partial charge in [0.15, 0.2) is 0 Å². The predicted molar refractivity (Wildman–Crippen MR) is 122 cm³/mol. The molecule has 3 aromatic carbocycles. The molecule has 0 aromatic heterocycles. The molecule has 1 amide bonds. The van der Waals surface area contributed by atoms with Gasteiger partial charge in [0.2, 0.25) is 15.9 Å². The molecule has 0 heterocycles. The number of hydrogen-bond donors (Lipinski definition) is 2. The average molecular weight is 495 g/mol. The molecule has 3 aromatic rings. The molecule has 0 saturated heterocycles. The van der Waals surface area contributed by atoms with Gasteiger partial charge in [-0.05, 0) is 49.2 Å². The number of carbonyl (C=O) groups excluding carboxylic acids is 1. The van der Waals surface area contributed by atoms with Crippen molar-refractivity contribution in [3.8, 4) is 5.75 Å². The Morgan fingerprint density at radius 2 is 1.79 bits per heavy atom. The first kappa shape index (κ1) is 24.6. The van der Waals surface area contributed by atoms with Gasteiger partial charge >= 0.3 is 0 Å². The molecule has 0 bridgehead atoms. The zero-order valence-corrected chi connectivity index (χ0v) is 19.1. The summed E-state index contributed by atoms with van der Waals surface area (Å²) in [6.07, 6.45) is -0.0144. The minimum atomic E-state index is -4.19. The van der Waals surface area contributed by atoms with Crippen LogP contribution in [0.5, 0.6) is 5.75 Å². The first-order valence-electron chi connectivity index (χ1n) is 9.94. The minimum absolute atomic E-state index is 0.0144. The summed E-state index contributed by atoms with van der Waals surface area (Å²) in [6.45, 7) is 2.11. The maximum atomic E-state index is 14.0. The van der Waals surface area contributed by atoms with Crippen LogP contribution in [0, 0.1) is 11.6 Å². The van der Waals surface area contributed by atoms with Crippen LogP contribution < -0.4 is 14.8 Å². The highest BCUT2D eigenvalue weighted by atomic mass is 35.5. The summed E-state index contributed by atoms with van der Waals surface area (Å²) in [4.78, 5) is 12.8. The van der Waals surface area contributed by atoms with E-state index >= 15 is 0 Å². The Balaban J connectivity index is 1.88. The van der Waals surface area contributed by atoms with E-state index < -0.39 is 33.6 Å². The quantitative estimate of drug-likeness (QED) is 0.457. The summed E-state index contributed by atoms with van der Waals surface area (Å²) in [7, 11) is -4.19. The molecule has 0 radical (unpaired) electrons. The van der Waals surface area contributed by atoms with Gasteiger partial charge in [0.25, 0.3) is 0 Å². The predicted octanol–water partition coefficient (Wildman–Crippen LogP) is 4.55. The van der Waals surface area contributed by atoms with Crippen LogP contribution in [0.2, 0.25) is 5.02 Å².